The third kappa shape index (κ3) is 2.13. The molecule has 0 aliphatic heterocycles. The SMILES string of the molecule is Cc1cc(=O)oc2c(NCC(=O)O)c(O)ccc12. The summed E-state index contributed by atoms with van der Waals surface area (Å²) in [4.78, 5) is 21.8. The summed E-state index contributed by atoms with van der Waals surface area (Å²) >= 11 is 0. The second-order valence-electron chi connectivity index (χ2n) is 3.83. The van der Waals surface area contributed by atoms with Crippen LogP contribution in [0, 0.1) is 6.92 Å². The fraction of sp³-hybridized carbons (Fsp3) is 0.167. The van der Waals surface area contributed by atoms with E-state index in [1.54, 1.807) is 13.0 Å². The van der Waals surface area contributed by atoms with E-state index in [4.69, 9.17) is 9.52 Å². The molecule has 2 aromatic rings. The molecule has 0 saturated heterocycles. The van der Waals surface area contributed by atoms with Gasteiger partial charge in [0.05, 0.1) is 0 Å². The predicted octanol–water partition coefficient (Wildman–Crippen LogP) is 1.30. The number of benzene rings is 1. The van der Waals surface area contributed by atoms with Gasteiger partial charge in [-0.3, -0.25) is 4.79 Å². The summed E-state index contributed by atoms with van der Waals surface area (Å²) in [6.07, 6.45) is 0. The van der Waals surface area contributed by atoms with E-state index in [9.17, 15) is 14.7 Å². The molecule has 0 saturated carbocycles. The van der Waals surface area contributed by atoms with Crippen LogP contribution in [0.4, 0.5) is 5.69 Å². The van der Waals surface area contributed by atoms with Gasteiger partial charge < -0.3 is 19.9 Å². The number of hydrogen-bond acceptors (Lipinski definition) is 5. The molecule has 2 rings (SSSR count). The average Bonchev–Trinajstić information content (AvgIpc) is 2.26. The molecule has 0 aliphatic rings. The van der Waals surface area contributed by atoms with Crippen molar-refractivity contribution >= 4 is 22.6 Å². The van der Waals surface area contributed by atoms with Crippen LogP contribution in [0.3, 0.4) is 0 Å². The van der Waals surface area contributed by atoms with Gasteiger partial charge in [0.15, 0.2) is 5.58 Å². The monoisotopic (exact) mass is 249 g/mol. The van der Waals surface area contributed by atoms with Gasteiger partial charge >= 0.3 is 11.6 Å². The number of carbonyl (C=O) groups is 1. The number of rotatable bonds is 3. The fourth-order valence-corrected chi connectivity index (χ4v) is 1.71. The van der Waals surface area contributed by atoms with Crippen LogP contribution >= 0.6 is 0 Å². The van der Waals surface area contributed by atoms with Gasteiger partial charge in [0.25, 0.3) is 0 Å². The molecule has 94 valence electrons. The molecule has 1 heterocycles. The van der Waals surface area contributed by atoms with Crippen LogP contribution in [0.15, 0.2) is 27.4 Å². The van der Waals surface area contributed by atoms with Gasteiger partial charge in [-0.15, -0.1) is 0 Å². The number of carboxylic acid groups (broad SMARTS) is 1. The van der Waals surface area contributed by atoms with E-state index in [0.29, 0.717) is 10.9 Å². The molecule has 3 N–H and O–H groups in total. The van der Waals surface area contributed by atoms with E-state index in [2.05, 4.69) is 5.32 Å². The average molecular weight is 249 g/mol. The standard InChI is InChI=1S/C12H11NO5/c1-6-4-10(17)18-12-7(6)2-3-8(14)11(12)13-5-9(15)16/h2-4,13-14H,5H2,1H3,(H,15,16). The molecule has 0 aliphatic carbocycles. The minimum Gasteiger partial charge on any atom is -0.506 e. The van der Waals surface area contributed by atoms with Gasteiger partial charge in [0, 0.05) is 11.5 Å². The van der Waals surface area contributed by atoms with Crippen LogP contribution in [-0.2, 0) is 4.79 Å². The zero-order valence-electron chi connectivity index (χ0n) is 9.56. The maximum atomic E-state index is 11.3. The molecule has 6 heteroatoms. The van der Waals surface area contributed by atoms with E-state index < -0.39 is 11.6 Å². The highest BCUT2D eigenvalue weighted by molar-refractivity contribution is 5.94. The molecule has 0 bridgehead atoms. The number of aryl methyl sites for hydroxylation is 1. The van der Waals surface area contributed by atoms with Crippen LogP contribution in [-0.4, -0.2) is 22.7 Å². The molecular formula is C12H11NO5. The second-order valence-corrected chi connectivity index (χ2v) is 3.83. The Morgan fingerprint density at radius 3 is 2.83 bits per heavy atom. The molecule has 0 spiro atoms. The van der Waals surface area contributed by atoms with Crippen molar-refractivity contribution in [3.8, 4) is 5.75 Å². The Morgan fingerprint density at radius 1 is 1.44 bits per heavy atom. The van der Waals surface area contributed by atoms with Gasteiger partial charge in [-0.25, -0.2) is 4.79 Å². The molecule has 18 heavy (non-hydrogen) atoms. The predicted molar refractivity (Wildman–Crippen MR) is 65.0 cm³/mol. The minimum absolute atomic E-state index is 0.107. The van der Waals surface area contributed by atoms with Crippen molar-refractivity contribution in [1.29, 1.82) is 0 Å². The van der Waals surface area contributed by atoms with Gasteiger partial charge in [0.2, 0.25) is 0 Å². The summed E-state index contributed by atoms with van der Waals surface area (Å²) in [6, 6.07) is 4.36. The maximum Gasteiger partial charge on any atom is 0.336 e. The molecule has 6 nitrogen and oxygen atoms in total. The first-order valence-electron chi connectivity index (χ1n) is 5.21. The van der Waals surface area contributed by atoms with Gasteiger partial charge in [0.1, 0.15) is 18.0 Å². The second kappa shape index (κ2) is 4.40. The molecule has 0 atom stereocenters. The van der Waals surface area contributed by atoms with Crippen LogP contribution in [0.2, 0.25) is 0 Å². The summed E-state index contributed by atoms with van der Waals surface area (Å²) in [5, 5.41) is 21.5. The smallest absolute Gasteiger partial charge is 0.336 e. The normalized spacial score (nSPS) is 10.5. The highest BCUT2D eigenvalue weighted by Gasteiger charge is 2.12. The lowest BCUT2D eigenvalue weighted by Crippen LogP contribution is -2.13. The van der Waals surface area contributed by atoms with Crippen molar-refractivity contribution in [3.05, 3.63) is 34.2 Å². The summed E-state index contributed by atoms with van der Waals surface area (Å²) in [6.45, 7) is 1.35. The lowest BCUT2D eigenvalue weighted by atomic mass is 10.1. The third-order valence-corrected chi connectivity index (χ3v) is 2.51. The van der Waals surface area contributed by atoms with Gasteiger partial charge in [-0.2, -0.15) is 0 Å². The highest BCUT2D eigenvalue weighted by atomic mass is 16.4. The Kier molecular flexibility index (Phi) is 2.93. The lowest BCUT2D eigenvalue weighted by molar-refractivity contribution is -0.134. The van der Waals surface area contributed by atoms with Crippen molar-refractivity contribution in [1.82, 2.24) is 0 Å². The maximum absolute atomic E-state index is 11.3. The van der Waals surface area contributed by atoms with E-state index in [1.165, 1.54) is 12.1 Å². The summed E-state index contributed by atoms with van der Waals surface area (Å²) in [5.74, 6) is -1.25. The molecule has 0 radical (unpaired) electrons. The zero-order valence-corrected chi connectivity index (χ0v) is 9.56. The number of carboxylic acids is 1. The lowest BCUT2D eigenvalue weighted by Gasteiger charge is -2.09. The van der Waals surface area contributed by atoms with Crippen LogP contribution < -0.4 is 10.9 Å². The van der Waals surface area contributed by atoms with Gasteiger partial charge in [-0.05, 0) is 24.6 Å². The zero-order chi connectivity index (χ0) is 13.3. The first-order valence-corrected chi connectivity index (χ1v) is 5.21. The van der Waals surface area contributed by atoms with Crippen molar-refractivity contribution in [2.75, 3.05) is 11.9 Å². The quantitative estimate of drug-likeness (QED) is 0.560. The summed E-state index contributed by atoms with van der Waals surface area (Å²) in [7, 11) is 0. The van der Waals surface area contributed by atoms with E-state index in [0.717, 1.165) is 0 Å². The molecule has 0 fully saturated rings. The highest BCUT2D eigenvalue weighted by Crippen LogP contribution is 2.32. The Hall–Kier alpha value is -2.50. The van der Waals surface area contributed by atoms with Crippen molar-refractivity contribution in [3.63, 3.8) is 0 Å². The number of phenols is 1. The number of nitrogens with one attached hydrogen (secondary N) is 1. The van der Waals surface area contributed by atoms with Crippen molar-refractivity contribution in [2.45, 2.75) is 6.92 Å². The number of aromatic hydroxyl groups is 1. The first-order chi connectivity index (χ1) is 8.49. The van der Waals surface area contributed by atoms with Crippen LogP contribution in [0.1, 0.15) is 5.56 Å². The number of aliphatic carboxylic acids is 1. The Balaban J connectivity index is 2.66. The molecule has 1 aromatic heterocycles. The molecule has 0 unspecified atom stereocenters. The fourth-order valence-electron chi connectivity index (χ4n) is 1.71. The number of hydrogen-bond donors (Lipinski definition) is 3. The van der Waals surface area contributed by atoms with E-state index in [1.807, 2.05) is 0 Å². The number of phenolic OH excluding ortho intramolecular Hbond substituents is 1. The molecule has 1 aromatic carbocycles. The minimum atomic E-state index is -1.08. The van der Waals surface area contributed by atoms with E-state index >= 15 is 0 Å². The van der Waals surface area contributed by atoms with Crippen molar-refractivity contribution in [2.24, 2.45) is 0 Å². The van der Waals surface area contributed by atoms with Crippen molar-refractivity contribution < 1.29 is 19.4 Å². The first kappa shape index (κ1) is 12.0. The molecule has 0 amide bonds. The summed E-state index contributed by atoms with van der Waals surface area (Å²) in [5.41, 5.74) is 0.403. The Bertz CT molecular complexity index is 674. The van der Waals surface area contributed by atoms with Crippen LogP contribution in [0.25, 0.3) is 11.0 Å². The number of anilines is 1. The largest absolute Gasteiger partial charge is 0.506 e. The van der Waals surface area contributed by atoms with Gasteiger partial charge in [-0.1, -0.05) is 0 Å². The van der Waals surface area contributed by atoms with Crippen LogP contribution in [0.5, 0.6) is 5.75 Å². The van der Waals surface area contributed by atoms with E-state index in [-0.39, 0.29) is 23.6 Å². The Labute approximate surface area is 101 Å². The number of fused-ring (bicyclic) bond motifs is 1. The third-order valence-electron chi connectivity index (χ3n) is 2.51. The topological polar surface area (TPSA) is 99.8 Å². The Morgan fingerprint density at radius 2 is 2.17 bits per heavy atom. The molecular weight excluding hydrogens is 238 g/mol. The summed E-state index contributed by atoms with van der Waals surface area (Å²) < 4.78 is 5.02.